The van der Waals surface area contributed by atoms with E-state index < -0.39 is 0 Å². The number of aliphatic imine (C=N–C) groups is 1. The summed E-state index contributed by atoms with van der Waals surface area (Å²) in [6.07, 6.45) is 3.52. The Bertz CT molecular complexity index is 155. The van der Waals surface area contributed by atoms with Gasteiger partial charge in [-0.3, -0.25) is 0 Å². The fourth-order valence-corrected chi connectivity index (χ4v) is 0.789. The third-order valence-corrected chi connectivity index (χ3v) is 1.35. The summed E-state index contributed by atoms with van der Waals surface area (Å²) in [5.41, 5.74) is 5.34. The fourth-order valence-electron chi connectivity index (χ4n) is 0.349. The molecule has 42 valence electrons. The molecule has 0 spiro atoms. The summed E-state index contributed by atoms with van der Waals surface area (Å²) in [4.78, 5) is 3.83. The van der Waals surface area contributed by atoms with Crippen molar-refractivity contribution in [2.45, 2.75) is 0 Å². The predicted octanol–water partition coefficient (Wildman–Crippen LogP) is 1.08. The van der Waals surface area contributed by atoms with Gasteiger partial charge in [-0.25, -0.2) is 4.99 Å². The summed E-state index contributed by atoms with van der Waals surface area (Å²) in [5, 5.41) is 3.71. The van der Waals surface area contributed by atoms with E-state index in [0.717, 1.165) is 0 Å². The van der Waals surface area contributed by atoms with Crippen LogP contribution in [0, 0.1) is 0 Å². The smallest absolute Gasteiger partial charge is 0.129 e. The van der Waals surface area contributed by atoms with Crippen LogP contribution in [0.25, 0.3) is 0 Å². The average Bonchev–Trinajstić information content (AvgIpc) is 1.94. The van der Waals surface area contributed by atoms with E-state index >= 15 is 0 Å². The Hall–Kier alpha value is -0.700. The van der Waals surface area contributed by atoms with Crippen molar-refractivity contribution >= 4 is 18.0 Å². The molecule has 3 heteroatoms. The van der Waals surface area contributed by atoms with Gasteiger partial charge in [0.25, 0.3) is 0 Å². The van der Waals surface area contributed by atoms with E-state index in [2.05, 4.69) is 4.99 Å². The maximum absolute atomic E-state index is 5.34. The van der Waals surface area contributed by atoms with Gasteiger partial charge in [0.05, 0.1) is 0 Å². The first kappa shape index (κ1) is 5.44. The molecule has 2 nitrogen and oxygen atoms in total. The first-order chi connectivity index (χ1) is 3.89. The zero-order chi connectivity index (χ0) is 5.82. The van der Waals surface area contributed by atoms with Crippen LogP contribution in [0.3, 0.4) is 0 Å². The number of rotatable bonds is 0. The topological polar surface area (TPSA) is 38.4 Å². The molecule has 8 heavy (non-hydrogen) atoms. The summed E-state index contributed by atoms with van der Waals surface area (Å²) < 4.78 is 0. The van der Waals surface area contributed by atoms with Crippen molar-refractivity contribution in [2.24, 2.45) is 10.7 Å². The molecule has 0 aromatic heterocycles. The number of hydrogen-bond acceptors (Lipinski definition) is 3. The van der Waals surface area contributed by atoms with Gasteiger partial charge < -0.3 is 5.73 Å². The lowest BCUT2D eigenvalue weighted by Gasteiger charge is -1.83. The Balaban J connectivity index is 2.69. The van der Waals surface area contributed by atoms with E-state index in [4.69, 9.17) is 5.73 Å². The zero-order valence-electron chi connectivity index (χ0n) is 4.24. The Morgan fingerprint density at radius 1 is 1.62 bits per heavy atom. The molecule has 0 aromatic rings. The lowest BCUT2D eigenvalue weighted by molar-refractivity contribution is 1.27. The van der Waals surface area contributed by atoms with Gasteiger partial charge in [-0.2, -0.15) is 0 Å². The molecular formula is C5H6N2S. The fraction of sp³-hybridized carbons (Fsp3) is 0. The van der Waals surface area contributed by atoms with Gasteiger partial charge in [0, 0.05) is 11.6 Å². The molecule has 1 rings (SSSR count). The van der Waals surface area contributed by atoms with Gasteiger partial charge in [-0.15, -0.1) is 11.8 Å². The molecule has 0 unspecified atom stereocenters. The molecule has 0 amide bonds. The third-order valence-electron chi connectivity index (χ3n) is 0.656. The Kier molecular flexibility index (Phi) is 1.75. The van der Waals surface area contributed by atoms with Crippen molar-refractivity contribution < 1.29 is 0 Å². The monoisotopic (exact) mass is 126 g/mol. The molecule has 0 saturated carbocycles. The van der Waals surface area contributed by atoms with E-state index in [-0.39, 0.29) is 0 Å². The molecule has 1 aliphatic rings. The van der Waals surface area contributed by atoms with Gasteiger partial charge in [-0.05, 0) is 11.5 Å². The van der Waals surface area contributed by atoms with Gasteiger partial charge in [0.1, 0.15) is 5.82 Å². The normalized spacial score (nSPS) is 17.8. The van der Waals surface area contributed by atoms with Crippen LogP contribution in [-0.4, -0.2) is 6.21 Å². The van der Waals surface area contributed by atoms with E-state index in [1.165, 1.54) is 11.8 Å². The molecule has 1 heterocycles. The standard InChI is InChI=1S/C5H6N2S/c6-5-4-8-3-1-2-7-5/h1-4H,6H2. The van der Waals surface area contributed by atoms with Crippen LogP contribution in [0.1, 0.15) is 0 Å². The second-order valence-electron chi connectivity index (χ2n) is 1.29. The van der Waals surface area contributed by atoms with Crippen molar-refractivity contribution in [2.75, 3.05) is 0 Å². The minimum Gasteiger partial charge on any atom is -0.383 e. The van der Waals surface area contributed by atoms with Crippen molar-refractivity contribution in [3.8, 4) is 0 Å². The summed E-state index contributed by atoms with van der Waals surface area (Å²) in [6.45, 7) is 0. The Morgan fingerprint density at radius 3 is 3.38 bits per heavy atom. The highest BCUT2D eigenvalue weighted by Crippen LogP contribution is 2.07. The van der Waals surface area contributed by atoms with Crippen molar-refractivity contribution in [3.05, 3.63) is 22.7 Å². The molecule has 0 atom stereocenters. The number of thioether (sulfide) groups is 1. The summed E-state index contributed by atoms with van der Waals surface area (Å²) in [5.74, 6) is 0.569. The molecular weight excluding hydrogens is 120 g/mol. The summed E-state index contributed by atoms with van der Waals surface area (Å²) in [6, 6.07) is 0. The van der Waals surface area contributed by atoms with Crippen LogP contribution in [0.4, 0.5) is 0 Å². The van der Waals surface area contributed by atoms with E-state index in [1.54, 1.807) is 11.6 Å². The third kappa shape index (κ3) is 1.42. The van der Waals surface area contributed by atoms with Crippen LogP contribution in [0.5, 0.6) is 0 Å². The van der Waals surface area contributed by atoms with Crippen LogP contribution < -0.4 is 5.73 Å². The average molecular weight is 126 g/mol. The SMILES string of the molecule is NC1=CSC=CC=N1. The predicted molar refractivity (Wildman–Crippen MR) is 37.5 cm³/mol. The van der Waals surface area contributed by atoms with Gasteiger partial charge in [-0.1, -0.05) is 0 Å². The van der Waals surface area contributed by atoms with Crippen molar-refractivity contribution in [1.29, 1.82) is 0 Å². The maximum Gasteiger partial charge on any atom is 0.129 e. The zero-order valence-corrected chi connectivity index (χ0v) is 5.06. The molecule has 2 N–H and O–H groups in total. The minimum atomic E-state index is 0.569. The highest BCUT2D eigenvalue weighted by atomic mass is 32.2. The lowest BCUT2D eigenvalue weighted by Crippen LogP contribution is -1.90. The highest BCUT2D eigenvalue weighted by molar-refractivity contribution is 8.04. The molecule has 0 aliphatic carbocycles. The summed E-state index contributed by atoms with van der Waals surface area (Å²) >= 11 is 1.53. The Morgan fingerprint density at radius 2 is 2.50 bits per heavy atom. The number of nitrogens with zero attached hydrogens (tertiary/aromatic N) is 1. The molecule has 0 saturated heterocycles. The van der Waals surface area contributed by atoms with Gasteiger partial charge in [0.15, 0.2) is 0 Å². The molecule has 1 aliphatic heterocycles. The van der Waals surface area contributed by atoms with Crippen LogP contribution in [0.15, 0.2) is 27.7 Å². The minimum absolute atomic E-state index is 0.569. The molecule has 0 bridgehead atoms. The van der Waals surface area contributed by atoms with E-state index in [9.17, 15) is 0 Å². The highest BCUT2D eigenvalue weighted by Gasteiger charge is 1.83. The second kappa shape index (κ2) is 2.57. The van der Waals surface area contributed by atoms with E-state index in [0.29, 0.717) is 5.82 Å². The van der Waals surface area contributed by atoms with Crippen LogP contribution >= 0.6 is 11.8 Å². The second-order valence-corrected chi connectivity index (χ2v) is 2.07. The van der Waals surface area contributed by atoms with Gasteiger partial charge >= 0.3 is 0 Å². The molecule has 0 fully saturated rings. The largest absolute Gasteiger partial charge is 0.383 e. The number of nitrogens with two attached hydrogens (primary N) is 1. The number of allylic oxidation sites excluding steroid dienone is 1. The van der Waals surface area contributed by atoms with Crippen LogP contribution in [-0.2, 0) is 0 Å². The van der Waals surface area contributed by atoms with E-state index in [1.807, 2.05) is 11.5 Å². The Labute approximate surface area is 52.2 Å². The van der Waals surface area contributed by atoms with Crippen LogP contribution in [0.2, 0.25) is 0 Å². The lowest BCUT2D eigenvalue weighted by atomic mass is 10.7. The summed E-state index contributed by atoms with van der Waals surface area (Å²) in [7, 11) is 0. The number of hydrogen-bond donors (Lipinski definition) is 1. The maximum atomic E-state index is 5.34. The first-order valence-electron chi connectivity index (χ1n) is 2.20. The van der Waals surface area contributed by atoms with Gasteiger partial charge in [0.2, 0.25) is 0 Å². The quantitative estimate of drug-likeness (QED) is 0.527. The van der Waals surface area contributed by atoms with Crippen molar-refractivity contribution in [3.63, 3.8) is 0 Å². The first-order valence-corrected chi connectivity index (χ1v) is 3.14. The molecule has 0 radical (unpaired) electrons. The molecule has 0 aromatic carbocycles. The van der Waals surface area contributed by atoms with Crippen molar-refractivity contribution in [1.82, 2.24) is 0 Å².